The van der Waals surface area contributed by atoms with E-state index in [4.69, 9.17) is 28.3 Å². The second-order valence-electron chi connectivity index (χ2n) is 11.2. The molecule has 0 amide bonds. The zero-order chi connectivity index (χ0) is 27.1. The lowest BCUT2D eigenvalue weighted by molar-refractivity contribution is -0.185. The summed E-state index contributed by atoms with van der Waals surface area (Å²) < 4.78 is 29.7. The van der Waals surface area contributed by atoms with Gasteiger partial charge in [-0.05, 0) is 77.5 Å². The van der Waals surface area contributed by atoms with Gasteiger partial charge in [0.2, 0.25) is 5.89 Å². The predicted octanol–water partition coefficient (Wildman–Crippen LogP) is 6.91. The third kappa shape index (κ3) is 8.30. The Morgan fingerprint density at radius 1 is 1.16 bits per heavy atom. The number of ether oxygens (including phenoxy) is 4. The molecule has 3 atom stereocenters. The van der Waals surface area contributed by atoms with Gasteiger partial charge in [0.25, 0.3) is 0 Å². The van der Waals surface area contributed by atoms with Crippen LogP contribution < -0.4 is 4.74 Å². The maximum atomic E-state index is 12.9. The molecule has 1 fully saturated rings. The molecule has 206 valence electrons. The van der Waals surface area contributed by atoms with Crippen molar-refractivity contribution < 1.29 is 28.2 Å². The van der Waals surface area contributed by atoms with Gasteiger partial charge in [-0.2, -0.15) is 0 Å². The Hall–Kier alpha value is -2.38. The number of aryl methyl sites for hydroxylation is 1. The Bertz CT molecular complexity index is 1010. The Kier molecular flexibility index (Phi) is 10.2. The average Bonchev–Trinajstić information content (AvgIpc) is 3.29. The highest BCUT2D eigenvalue weighted by atomic mass is 16.6. The number of hydrogen-bond acceptors (Lipinski definition) is 7. The van der Waals surface area contributed by atoms with Crippen LogP contribution in [-0.2, 0) is 32.0 Å². The number of methoxy groups -OCH3 is 1. The van der Waals surface area contributed by atoms with Crippen molar-refractivity contribution in [3.8, 4) is 17.2 Å². The predicted molar refractivity (Wildman–Crippen MR) is 144 cm³/mol. The molecule has 1 aromatic carbocycles. The number of rotatable bonds is 12. The van der Waals surface area contributed by atoms with Gasteiger partial charge in [-0.25, -0.2) is 9.78 Å². The first-order chi connectivity index (χ1) is 17.6. The maximum Gasteiger partial charge on any atom is 0.338 e. The number of esters is 1. The van der Waals surface area contributed by atoms with Crippen LogP contribution in [0.3, 0.4) is 0 Å². The van der Waals surface area contributed by atoms with Crippen molar-refractivity contribution in [3.63, 3.8) is 0 Å². The van der Waals surface area contributed by atoms with E-state index >= 15 is 0 Å². The topological polar surface area (TPSA) is 80.0 Å². The molecule has 7 heteroatoms. The largest absolute Gasteiger partial charge is 0.497 e. The number of hydrogen-bond donors (Lipinski definition) is 0. The normalized spacial score (nSPS) is 19.9. The molecule has 1 aliphatic carbocycles. The van der Waals surface area contributed by atoms with E-state index in [1.807, 2.05) is 52.0 Å². The summed E-state index contributed by atoms with van der Waals surface area (Å²) in [7, 11) is 1.65. The van der Waals surface area contributed by atoms with Crippen LogP contribution in [-0.4, -0.2) is 42.0 Å². The SMILES string of the molecule is CCCC(C)(OC[C@@H]1CCC[C@H](OCc2nc(-c3cccc(OC)c3)oc2CC)C1)C(=O)OC(C)(C)C. The van der Waals surface area contributed by atoms with Gasteiger partial charge in [-0.3, -0.25) is 0 Å². The number of aromatic nitrogens is 1. The van der Waals surface area contributed by atoms with Crippen molar-refractivity contribution in [1.82, 2.24) is 4.98 Å². The van der Waals surface area contributed by atoms with E-state index in [-0.39, 0.29) is 12.1 Å². The molecule has 37 heavy (non-hydrogen) atoms. The number of nitrogens with zero attached hydrogens (tertiary/aromatic N) is 1. The van der Waals surface area contributed by atoms with Gasteiger partial charge >= 0.3 is 5.97 Å². The molecule has 1 aromatic heterocycles. The van der Waals surface area contributed by atoms with E-state index in [0.717, 1.165) is 61.3 Å². The van der Waals surface area contributed by atoms with Crippen molar-refractivity contribution in [3.05, 3.63) is 35.7 Å². The van der Waals surface area contributed by atoms with Gasteiger partial charge in [0.05, 0.1) is 26.4 Å². The molecule has 2 aromatic rings. The van der Waals surface area contributed by atoms with Gasteiger partial charge in [-0.1, -0.05) is 32.8 Å². The molecule has 1 heterocycles. The molecule has 1 aliphatic rings. The summed E-state index contributed by atoms with van der Waals surface area (Å²) in [6.07, 6.45) is 6.41. The van der Waals surface area contributed by atoms with E-state index in [2.05, 4.69) is 13.8 Å². The van der Waals surface area contributed by atoms with Gasteiger partial charge in [0, 0.05) is 12.0 Å². The van der Waals surface area contributed by atoms with Crippen molar-refractivity contribution in [1.29, 1.82) is 0 Å². The molecule has 0 bridgehead atoms. The van der Waals surface area contributed by atoms with Crippen LogP contribution in [0.5, 0.6) is 5.75 Å². The van der Waals surface area contributed by atoms with E-state index in [0.29, 0.717) is 31.4 Å². The molecule has 7 nitrogen and oxygen atoms in total. The van der Waals surface area contributed by atoms with E-state index in [1.54, 1.807) is 7.11 Å². The number of carbonyl (C=O) groups excluding carboxylic acids is 1. The molecule has 0 saturated heterocycles. The lowest BCUT2D eigenvalue weighted by atomic mass is 9.87. The fourth-order valence-electron chi connectivity index (χ4n) is 4.79. The van der Waals surface area contributed by atoms with Crippen LogP contribution in [0.4, 0.5) is 0 Å². The second kappa shape index (κ2) is 12.9. The van der Waals surface area contributed by atoms with Crippen LogP contribution in [0.1, 0.15) is 91.5 Å². The van der Waals surface area contributed by atoms with Crippen LogP contribution >= 0.6 is 0 Å². The third-order valence-electron chi connectivity index (χ3n) is 6.80. The highest BCUT2D eigenvalue weighted by Crippen LogP contribution is 2.31. The van der Waals surface area contributed by atoms with E-state index < -0.39 is 11.2 Å². The van der Waals surface area contributed by atoms with Gasteiger partial charge in [0.1, 0.15) is 22.8 Å². The summed E-state index contributed by atoms with van der Waals surface area (Å²) in [5.41, 5.74) is 0.266. The van der Waals surface area contributed by atoms with Crippen molar-refractivity contribution in [2.75, 3.05) is 13.7 Å². The molecule has 0 aliphatic heterocycles. The molecule has 0 radical (unpaired) electrons. The zero-order valence-corrected chi connectivity index (χ0v) is 23.7. The van der Waals surface area contributed by atoms with E-state index in [9.17, 15) is 4.79 Å². The molecule has 0 N–H and O–H groups in total. The summed E-state index contributed by atoms with van der Waals surface area (Å²) in [6.45, 7) is 12.6. The zero-order valence-electron chi connectivity index (χ0n) is 23.7. The monoisotopic (exact) mass is 515 g/mol. The van der Waals surface area contributed by atoms with Crippen molar-refractivity contribution in [2.24, 2.45) is 5.92 Å². The minimum atomic E-state index is -0.927. The fraction of sp³-hybridized carbons (Fsp3) is 0.667. The lowest BCUT2D eigenvalue weighted by Crippen LogP contribution is -2.44. The van der Waals surface area contributed by atoms with Crippen molar-refractivity contribution in [2.45, 2.75) is 110 Å². The van der Waals surface area contributed by atoms with Crippen LogP contribution in [0.2, 0.25) is 0 Å². The fourth-order valence-corrected chi connectivity index (χ4v) is 4.79. The number of carbonyl (C=O) groups is 1. The van der Waals surface area contributed by atoms with Gasteiger partial charge < -0.3 is 23.4 Å². The van der Waals surface area contributed by atoms with Crippen LogP contribution in [0.15, 0.2) is 28.7 Å². The molecule has 3 rings (SSSR count). The second-order valence-corrected chi connectivity index (χ2v) is 11.2. The third-order valence-corrected chi connectivity index (χ3v) is 6.80. The summed E-state index contributed by atoms with van der Waals surface area (Å²) >= 11 is 0. The molecule has 1 unspecified atom stereocenters. The Labute approximate surface area is 222 Å². The Balaban J connectivity index is 1.58. The van der Waals surface area contributed by atoms with Crippen LogP contribution in [0, 0.1) is 5.92 Å². The first-order valence-corrected chi connectivity index (χ1v) is 13.7. The number of benzene rings is 1. The van der Waals surface area contributed by atoms with Gasteiger partial charge in [0.15, 0.2) is 5.60 Å². The molecule has 1 saturated carbocycles. The summed E-state index contributed by atoms with van der Waals surface area (Å²) in [5, 5.41) is 0. The number of oxazole rings is 1. The minimum Gasteiger partial charge on any atom is -0.497 e. The summed E-state index contributed by atoms with van der Waals surface area (Å²) in [5.74, 6) is 2.26. The highest BCUT2D eigenvalue weighted by molar-refractivity contribution is 5.79. The van der Waals surface area contributed by atoms with Gasteiger partial charge in [-0.15, -0.1) is 0 Å². The first-order valence-electron chi connectivity index (χ1n) is 13.7. The van der Waals surface area contributed by atoms with Crippen LogP contribution in [0.25, 0.3) is 11.5 Å². The standard InChI is InChI=1S/C30H45NO6/c1-8-16-30(6,28(32)37-29(3,4)5)35-19-21-12-10-15-24(17-21)34-20-25-26(9-2)36-27(31-25)22-13-11-14-23(18-22)33-7/h11,13-14,18,21,24H,8-10,12,15-17,19-20H2,1-7H3/t21-,24+,30?/m1/s1. The first kappa shape index (κ1) is 29.2. The summed E-state index contributed by atoms with van der Waals surface area (Å²) in [4.78, 5) is 17.6. The lowest BCUT2D eigenvalue weighted by Gasteiger charge is -2.34. The Morgan fingerprint density at radius 2 is 1.95 bits per heavy atom. The Morgan fingerprint density at radius 3 is 2.62 bits per heavy atom. The van der Waals surface area contributed by atoms with E-state index in [1.165, 1.54) is 0 Å². The van der Waals surface area contributed by atoms with Crippen molar-refractivity contribution >= 4 is 5.97 Å². The summed E-state index contributed by atoms with van der Waals surface area (Å²) in [6, 6.07) is 7.72. The average molecular weight is 516 g/mol. The smallest absolute Gasteiger partial charge is 0.338 e. The maximum absolute atomic E-state index is 12.9. The molecule has 0 spiro atoms. The molecular formula is C30H45NO6. The quantitative estimate of drug-likeness (QED) is 0.284. The molecular weight excluding hydrogens is 470 g/mol. The highest BCUT2D eigenvalue weighted by Gasteiger charge is 2.38. The minimum absolute atomic E-state index is 0.128.